The Morgan fingerprint density at radius 1 is 1.50 bits per heavy atom. The van der Waals surface area contributed by atoms with E-state index in [0.717, 1.165) is 38.2 Å². The molecule has 2 heterocycles. The molecule has 1 aromatic heterocycles. The van der Waals surface area contributed by atoms with Crippen molar-refractivity contribution >= 4 is 22.9 Å². The molecule has 1 aromatic rings. The molecule has 4 heteroatoms. The highest BCUT2D eigenvalue weighted by atomic mass is 35.5. The minimum atomic E-state index is 0.623. The van der Waals surface area contributed by atoms with Crippen LogP contribution in [0.3, 0.4) is 0 Å². The molecule has 0 N–H and O–H groups in total. The summed E-state index contributed by atoms with van der Waals surface area (Å²) in [5.74, 6) is 1.29. The molecule has 0 atom stereocenters. The molecule has 0 spiro atoms. The Morgan fingerprint density at radius 2 is 2.29 bits per heavy atom. The lowest BCUT2D eigenvalue weighted by Crippen LogP contribution is -2.13. The molecular weight excluding hydrogens is 218 g/mol. The Hall–Kier alpha value is -0.120. The predicted molar refractivity (Wildman–Crippen MR) is 59.3 cm³/mol. The minimum Gasteiger partial charge on any atom is -0.381 e. The molecule has 0 amide bonds. The monoisotopic (exact) mass is 231 g/mol. The minimum absolute atomic E-state index is 0.623. The zero-order chi connectivity index (χ0) is 9.80. The molecule has 1 saturated heterocycles. The van der Waals surface area contributed by atoms with Crippen molar-refractivity contribution in [2.24, 2.45) is 0 Å². The number of hydrogen-bond donors (Lipinski definition) is 0. The summed E-state index contributed by atoms with van der Waals surface area (Å²) in [6, 6.07) is 0. The third kappa shape index (κ3) is 2.47. The summed E-state index contributed by atoms with van der Waals surface area (Å²) in [6.45, 7) is 1.77. The first-order valence-corrected chi connectivity index (χ1v) is 6.39. The SMILES string of the molecule is ClCCc1csc(C2CCOCC2)n1. The van der Waals surface area contributed by atoms with E-state index in [0.29, 0.717) is 11.8 Å². The van der Waals surface area contributed by atoms with Crippen LogP contribution in [-0.2, 0) is 11.2 Å². The van der Waals surface area contributed by atoms with E-state index in [2.05, 4.69) is 10.4 Å². The van der Waals surface area contributed by atoms with Gasteiger partial charge in [0.05, 0.1) is 10.7 Å². The second kappa shape index (κ2) is 5.10. The number of thiazole rings is 1. The molecule has 0 aliphatic carbocycles. The van der Waals surface area contributed by atoms with E-state index < -0.39 is 0 Å². The molecule has 2 rings (SSSR count). The van der Waals surface area contributed by atoms with Crippen molar-refractivity contribution in [1.29, 1.82) is 0 Å². The summed E-state index contributed by atoms with van der Waals surface area (Å²) in [6.07, 6.45) is 3.13. The molecule has 0 aromatic carbocycles. The van der Waals surface area contributed by atoms with Crippen molar-refractivity contribution < 1.29 is 4.74 Å². The van der Waals surface area contributed by atoms with E-state index in [1.54, 1.807) is 11.3 Å². The van der Waals surface area contributed by atoms with Crippen molar-refractivity contribution in [1.82, 2.24) is 4.98 Å². The van der Waals surface area contributed by atoms with E-state index in [-0.39, 0.29) is 0 Å². The first-order valence-electron chi connectivity index (χ1n) is 4.98. The number of nitrogens with zero attached hydrogens (tertiary/aromatic N) is 1. The Morgan fingerprint density at radius 3 is 3.00 bits per heavy atom. The van der Waals surface area contributed by atoms with Crippen LogP contribution in [0.15, 0.2) is 5.38 Å². The summed E-state index contributed by atoms with van der Waals surface area (Å²) in [5.41, 5.74) is 1.14. The summed E-state index contributed by atoms with van der Waals surface area (Å²) < 4.78 is 5.33. The van der Waals surface area contributed by atoms with E-state index in [1.807, 2.05) is 0 Å². The van der Waals surface area contributed by atoms with Crippen LogP contribution in [0.25, 0.3) is 0 Å². The van der Waals surface area contributed by atoms with Gasteiger partial charge in [-0.05, 0) is 12.8 Å². The van der Waals surface area contributed by atoms with Gasteiger partial charge in [0.25, 0.3) is 0 Å². The summed E-state index contributed by atoms with van der Waals surface area (Å²) in [5, 5.41) is 3.40. The lowest BCUT2D eigenvalue weighted by Gasteiger charge is -2.19. The molecule has 14 heavy (non-hydrogen) atoms. The van der Waals surface area contributed by atoms with Crippen LogP contribution >= 0.6 is 22.9 Å². The molecule has 1 fully saturated rings. The van der Waals surface area contributed by atoms with Crippen LogP contribution in [-0.4, -0.2) is 24.1 Å². The van der Waals surface area contributed by atoms with Gasteiger partial charge in [-0.25, -0.2) is 4.98 Å². The number of alkyl halides is 1. The van der Waals surface area contributed by atoms with Gasteiger partial charge in [0.15, 0.2) is 0 Å². The van der Waals surface area contributed by atoms with Crippen molar-refractivity contribution in [2.75, 3.05) is 19.1 Å². The average molecular weight is 232 g/mol. The predicted octanol–water partition coefficient (Wildman–Crippen LogP) is 2.82. The Balaban J connectivity index is 2.00. The van der Waals surface area contributed by atoms with Gasteiger partial charge >= 0.3 is 0 Å². The van der Waals surface area contributed by atoms with E-state index in [1.165, 1.54) is 5.01 Å². The quantitative estimate of drug-likeness (QED) is 0.747. The number of aryl methyl sites for hydroxylation is 1. The lowest BCUT2D eigenvalue weighted by molar-refractivity contribution is 0.0852. The number of ether oxygens (including phenoxy) is 1. The molecular formula is C10H14ClNOS. The molecule has 78 valence electrons. The number of halogens is 1. The standard InChI is InChI=1S/C10H14ClNOS/c11-4-1-9-7-14-10(12-9)8-2-5-13-6-3-8/h7-8H,1-6H2. The van der Waals surface area contributed by atoms with Crippen LogP contribution in [0.5, 0.6) is 0 Å². The van der Waals surface area contributed by atoms with Gasteiger partial charge in [-0.15, -0.1) is 22.9 Å². The van der Waals surface area contributed by atoms with Crippen molar-refractivity contribution in [3.8, 4) is 0 Å². The fraction of sp³-hybridized carbons (Fsp3) is 0.700. The van der Waals surface area contributed by atoms with E-state index in [4.69, 9.17) is 16.3 Å². The second-order valence-electron chi connectivity index (χ2n) is 3.50. The van der Waals surface area contributed by atoms with Crippen LogP contribution in [0.1, 0.15) is 29.5 Å². The van der Waals surface area contributed by atoms with E-state index >= 15 is 0 Å². The zero-order valence-electron chi connectivity index (χ0n) is 8.04. The van der Waals surface area contributed by atoms with Gasteiger partial charge in [0, 0.05) is 36.8 Å². The highest BCUT2D eigenvalue weighted by Gasteiger charge is 2.18. The highest BCUT2D eigenvalue weighted by molar-refractivity contribution is 7.09. The summed E-state index contributed by atoms with van der Waals surface area (Å²) >= 11 is 7.45. The summed E-state index contributed by atoms with van der Waals surface area (Å²) in [4.78, 5) is 4.60. The molecule has 0 radical (unpaired) electrons. The van der Waals surface area contributed by atoms with Gasteiger partial charge in [0.2, 0.25) is 0 Å². The van der Waals surface area contributed by atoms with Gasteiger partial charge in [-0.3, -0.25) is 0 Å². The average Bonchev–Trinajstić information content (AvgIpc) is 2.68. The molecule has 0 bridgehead atoms. The molecule has 0 unspecified atom stereocenters. The Kier molecular flexibility index (Phi) is 3.79. The fourth-order valence-electron chi connectivity index (χ4n) is 1.67. The Labute approximate surface area is 93.3 Å². The van der Waals surface area contributed by atoms with Crippen LogP contribution < -0.4 is 0 Å². The van der Waals surface area contributed by atoms with Gasteiger partial charge < -0.3 is 4.74 Å². The number of rotatable bonds is 3. The van der Waals surface area contributed by atoms with E-state index in [9.17, 15) is 0 Å². The van der Waals surface area contributed by atoms with Crippen LogP contribution in [0, 0.1) is 0 Å². The first-order chi connectivity index (χ1) is 6.90. The van der Waals surface area contributed by atoms with Crippen LogP contribution in [0.4, 0.5) is 0 Å². The number of aromatic nitrogens is 1. The van der Waals surface area contributed by atoms with Crippen molar-refractivity contribution in [3.63, 3.8) is 0 Å². The zero-order valence-corrected chi connectivity index (χ0v) is 9.61. The molecule has 2 nitrogen and oxygen atoms in total. The molecule has 1 aliphatic rings. The highest BCUT2D eigenvalue weighted by Crippen LogP contribution is 2.29. The maximum atomic E-state index is 5.68. The topological polar surface area (TPSA) is 22.1 Å². The third-order valence-corrected chi connectivity index (χ3v) is 3.74. The first kappa shape index (κ1) is 10.4. The smallest absolute Gasteiger partial charge is 0.0960 e. The van der Waals surface area contributed by atoms with Gasteiger partial charge in [0.1, 0.15) is 0 Å². The van der Waals surface area contributed by atoms with Gasteiger partial charge in [-0.1, -0.05) is 0 Å². The normalized spacial score (nSPS) is 18.6. The molecule has 1 aliphatic heterocycles. The van der Waals surface area contributed by atoms with Gasteiger partial charge in [-0.2, -0.15) is 0 Å². The lowest BCUT2D eigenvalue weighted by atomic mass is 10.0. The third-order valence-electron chi connectivity index (χ3n) is 2.49. The maximum Gasteiger partial charge on any atom is 0.0960 e. The summed E-state index contributed by atoms with van der Waals surface area (Å²) in [7, 11) is 0. The Bertz CT molecular complexity index is 283. The van der Waals surface area contributed by atoms with Crippen LogP contribution in [0.2, 0.25) is 0 Å². The largest absolute Gasteiger partial charge is 0.381 e. The molecule has 0 saturated carbocycles. The fourth-order valence-corrected chi connectivity index (χ4v) is 2.89. The second-order valence-corrected chi connectivity index (χ2v) is 4.77. The van der Waals surface area contributed by atoms with Crippen molar-refractivity contribution in [3.05, 3.63) is 16.1 Å². The number of hydrogen-bond acceptors (Lipinski definition) is 3. The van der Waals surface area contributed by atoms with Crippen molar-refractivity contribution in [2.45, 2.75) is 25.2 Å². The maximum absolute atomic E-state index is 5.68.